The van der Waals surface area contributed by atoms with Gasteiger partial charge in [-0.3, -0.25) is 0 Å². The quantitative estimate of drug-likeness (QED) is 0.216. The van der Waals surface area contributed by atoms with E-state index in [-0.39, 0.29) is 0 Å². The normalized spacial score (nSPS) is 14.8. The van der Waals surface area contributed by atoms with E-state index in [0.29, 0.717) is 5.92 Å². The Morgan fingerprint density at radius 3 is 2.42 bits per heavy atom. The van der Waals surface area contributed by atoms with Gasteiger partial charge in [0.1, 0.15) is 0 Å². The lowest BCUT2D eigenvalue weighted by atomic mass is 9.84. The molecule has 0 fully saturated rings. The van der Waals surface area contributed by atoms with Crippen molar-refractivity contribution in [1.82, 2.24) is 4.57 Å². The summed E-state index contributed by atoms with van der Waals surface area (Å²) in [4.78, 5) is 0. The Morgan fingerprint density at radius 2 is 1.68 bits per heavy atom. The molecule has 4 aromatic rings. The number of hydrogen-bond acceptors (Lipinski definition) is 0. The van der Waals surface area contributed by atoms with Crippen molar-refractivity contribution in [2.75, 3.05) is 0 Å². The Bertz CT molecular complexity index is 1620. The summed E-state index contributed by atoms with van der Waals surface area (Å²) in [6.07, 6.45) is 16.7. The fourth-order valence-electron chi connectivity index (χ4n) is 5.98. The molecule has 0 radical (unpaired) electrons. The Balaban J connectivity index is 1.53. The molecule has 0 amide bonds. The second-order valence-corrected chi connectivity index (χ2v) is 11.2. The van der Waals surface area contributed by atoms with Crippen molar-refractivity contribution in [1.29, 1.82) is 0 Å². The van der Waals surface area contributed by atoms with Crippen LogP contribution in [0.4, 0.5) is 0 Å². The van der Waals surface area contributed by atoms with Crippen LogP contribution in [0.25, 0.3) is 29.0 Å². The van der Waals surface area contributed by atoms with E-state index >= 15 is 0 Å². The topological polar surface area (TPSA) is 4.93 Å². The van der Waals surface area contributed by atoms with Crippen molar-refractivity contribution >= 4 is 23.3 Å². The molecule has 40 heavy (non-hydrogen) atoms. The molecule has 0 saturated carbocycles. The van der Waals surface area contributed by atoms with Crippen LogP contribution in [-0.2, 0) is 6.42 Å². The van der Waals surface area contributed by atoms with Gasteiger partial charge in [0.15, 0.2) is 0 Å². The van der Waals surface area contributed by atoms with Crippen LogP contribution in [0.15, 0.2) is 103 Å². The van der Waals surface area contributed by atoms with E-state index in [1.165, 1.54) is 66.9 Å². The Hall–Kier alpha value is -4.10. The predicted molar refractivity (Wildman–Crippen MR) is 175 cm³/mol. The lowest BCUT2D eigenvalue weighted by Crippen LogP contribution is -2.04. The van der Waals surface area contributed by atoms with E-state index < -0.39 is 0 Å². The summed E-state index contributed by atoms with van der Waals surface area (Å²) in [5, 5.41) is 0. The average Bonchev–Trinajstić information content (AvgIpc) is 3.40. The van der Waals surface area contributed by atoms with Crippen LogP contribution in [0.1, 0.15) is 84.0 Å². The molecule has 1 aliphatic carbocycles. The van der Waals surface area contributed by atoms with Crippen molar-refractivity contribution in [2.45, 2.75) is 59.8 Å². The molecule has 0 spiro atoms. The van der Waals surface area contributed by atoms with Crippen LogP contribution in [0.2, 0.25) is 0 Å². The number of allylic oxidation sites excluding steroid dienone is 5. The molecule has 1 atom stereocenters. The highest BCUT2D eigenvalue weighted by atomic mass is 14.9. The van der Waals surface area contributed by atoms with E-state index in [1.807, 2.05) is 6.08 Å². The minimum absolute atomic E-state index is 0.434. The maximum Gasteiger partial charge on any atom is 0.0449 e. The first-order valence-electron chi connectivity index (χ1n) is 14.6. The largest absolute Gasteiger partial charge is 0.323 e. The first-order valence-corrected chi connectivity index (χ1v) is 14.6. The zero-order valence-electron chi connectivity index (χ0n) is 24.7. The zero-order chi connectivity index (χ0) is 28.2. The summed E-state index contributed by atoms with van der Waals surface area (Å²) in [5.74, 6) is 0.434. The molecular weight excluding hydrogens is 482 g/mol. The molecule has 5 rings (SSSR count). The molecule has 0 N–H and O–H groups in total. The molecule has 1 nitrogen and oxygen atoms in total. The number of rotatable bonds is 8. The van der Waals surface area contributed by atoms with Gasteiger partial charge in [-0.05, 0) is 109 Å². The summed E-state index contributed by atoms with van der Waals surface area (Å²) in [7, 11) is 0. The van der Waals surface area contributed by atoms with Gasteiger partial charge in [-0.15, -0.1) is 0 Å². The van der Waals surface area contributed by atoms with Gasteiger partial charge in [0.2, 0.25) is 0 Å². The van der Waals surface area contributed by atoms with Gasteiger partial charge in [0.05, 0.1) is 0 Å². The van der Waals surface area contributed by atoms with Gasteiger partial charge in [-0.25, -0.2) is 0 Å². The molecule has 1 aliphatic rings. The third-order valence-corrected chi connectivity index (χ3v) is 8.27. The minimum atomic E-state index is 0.434. The van der Waals surface area contributed by atoms with Crippen molar-refractivity contribution < 1.29 is 0 Å². The Morgan fingerprint density at radius 1 is 0.900 bits per heavy atom. The smallest absolute Gasteiger partial charge is 0.0449 e. The van der Waals surface area contributed by atoms with Crippen LogP contribution in [0.5, 0.6) is 0 Å². The second kappa shape index (κ2) is 12.0. The molecule has 202 valence electrons. The summed E-state index contributed by atoms with van der Waals surface area (Å²) in [6.45, 7) is 15.3. The van der Waals surface area contributed by atoms with Crippen LogP contribution in [0.3, 0.4) is 0 Å². The summed E-state index contributed by atoms with van der Waals surface area (Å²) >= 11 is 0. The zero-order valence-corrected chi connectivity index (χ0v) is 24.7. The maximum absolute atomic E-state index is 4.02. The van der Waals surface area contributed by atoms with Crippen molar-refractivity contribution in [3.8, 4) is 5.69 Å². The molecule has 1 aromatic heterocycles. The highest BCUT2D eigenvalue weighted by Crippen LogP contribution is 2.41. The lowest BCUT2D eigenvalue weighted by molar-refractivity contribution is 0.677. The molecule has 1 heteroatoms. The number of aryl methyl sites for hydroxylation is 3. The molecule has 1 unspecified atom stereocenters. The van der Waals surface area contributed by atoms with Gasteiger partial charge in [-0.1, -0.05) is 104 Å². The molecule has 0 bridgehead atoms. The van der Waals surface area contributed by atoms with Gasteiger partial charge in [-0.2, -0.15) is 0 Å². The monoisotopic (exact) mass is 523 g/mol. The first kappa shape index (κ1) is 27.5. The average molecular weight is 524 g/mol. The molecular formula is C39H41N. The number of hydrogen-bond donors (Lipinski definition) is 0. The first-order chi connectivity index (χ1) is 19.4. The maximum atomic E-state index is 4.02. The van der Waals surface area contributed by atoms with Crippen molar-refractivity contribution in [2.24, 2.45) is 0 Å². The molecule has 0 saturated heterocycles. The molecule has 1 heterocycles. The Kier molecular flexibility index (Phi) is 8.21. The van der Waals surface area contributed by atoms with Crippen LogP contribution in [-0.4, -0.2) is 4.57 Å². The van der Waals surface area contributed by atoms with Gasteiger partial charge in [0.25, 0.3) is 0 Å². The van der Waals surface area contributed by atoms with Gasteiger partial charge in [0, 0.05) is 23.6 Å². The fraction of sp³-hybridized carbons (Fsp3) is 0.231. The van der Waals surface area contributed by atoms with Gasteiger partial charge >= 0.3 is 0 Å². The number of nitrogens with zero attached hydrogens (tertiary/aromatic N) is 1. The highest BCUT2D eigenvalue weighted by Gasteiger charge is 2.21. The standard InChI is InChI=1S/C39H41N/c1-7-11-36-30(6)35(33-22-23-40(26-33)34-18-14-27(3)15-19-34)20-21-37-38(24-28(4)25-39(36)37)29(5)16-17-32-13-10-9-12-31(32)8-2/h8-15,18-26,29H,2,7,16-17H2,1,3-6H3. The van der Waals surface area contributed by atoms with Crippen LogP contribution >= 0.6 is 0 Å². The third-order valence-electron chi connectivity index (χ3n) is 8.27. The van der Waals surface area contributed by atoms with E-state index in [4.69, 9.17) is 0 Å². The number of aromatic nitrogens is 1. The van der Waals surface area contributed by atoms with E-state index in [1.54, 1.807) is 0 Å². The second-order valence-electron chi connectivity index (χ2n) is 11.2. The molecule has 3 aromatic carbocycles. The van der Waals surface area contributed by atoms with Gasteiger partial charge < -0.3 is 4.57 Å². The minimum Gasteiger partial charge on any atom is -0.323 e. The SMILES string of the molecule is C=Cc1ccccc1CCC(C)c1cc(C)cc2c1C=CC(c1ccn(-c3ccc(C)cc3)c1)=C(C)C2=CCC. The summed E-state index contributed by atoms with van der Waals surface area (Å²) < 4.78 is 2.23. The molecule has 0 aliphatic heterocycles. The Labute approximate surface area is 240 Å². The van der Waals surface area contributed by atoms with E-state index in [0.717, 1.165) is 19.3 Å². The van der Waals surface area contributed by atoms with E-state index in [2.05, 4.69) is 143 Å². The lowest BCUT2D eigenvalue weighted by Gasteiger charge is -2.21. The summed E-state index contributed by atoms with van der Waals surface area (Å²) in [5.41, 5.74) is 15.8. The van der Waals surface area contributed by atoms with Crippen LogP contribution < -0.4 is 0 Å². The number of benzene rings is 3. The van der Waals surface area contributed by atoms with Crippen molar-refractivity contribution in [3.05, 3.63) is 148 Å². The number of fused-ring (bicyclic) bond motifs is 1. The fourth-order valence-corrected chi connectivity index (χ4v) is 5.98. The van der Waals surface area contributed by atoms with Crippen molar-refractivity contribution in [3.63, 3.8) is 0 Å². The third kappa shape index (κ3) is 5.61. The predicted octanol–water partition coefficient (Wildman–Crippen LogP) is 10.8. The van der Waals surface area contributed by atoms with E-state index in [9.17, 15) is 0 Å². The summed E-state index contributed by atoms with van der Waals surface area (Å²) in [6, 6.07) is 24.4. The van der Waals surface area contributed by atoms with Crippen LogP contribution in [0, 0.1) is 13.8 Å². The highest BCUT2D eigenvalue weighted by molar-refractivity contribution is 5.98.